The van der Waals surface area contributed by atoms with E-state index < -0.39 is 5.97 Å². The number of aryl methyl sites for hydroxylation is 1. The highest BCUT2D eigenvalue weighted by atomic mass is 32.1. The van der Waals surface area contributed by atoms with Gasteiger partial charge in [0.15, 0.2) is 0 Å². The molecule has 0 aliphatic rings. The topological polar surface area (TPSA) is 49.3 Å². The van der Waals surface area contributed by atoms with E-state index in [2.05, 4.69) is 5.32 Å². The van der Waals surface area contributed by atoms with Gasteiger partial charge in [0.2, 0.25) is 0 Å². The Balaban J connectivity index is 2.98. The summed E-state index contributed by atoms with van der Waals surface area (Å²) in [6.07, 6.45) is 1.80. The minimum atomic E-state index is -0.881. The number of carbonyl (C=O) groups is 1. The maximum Gasteiger partial charge on any atom is 0.338 e. The molecule has 0 aromatic carbocycles. The molecule has 3 nitrogen and oxygen atoms in total. The van der Waals surface area contributed by atoms with Gasteiger partial charge in [0.25, 0.3) is 0 Å². The van der Waals surface area contributed by atoms with Crippen molar-refractivity contribution >= 4 is 22.3 Å². The van der Waals surface area contributed by atoms with E-state index in [1.807, 2.05) is 19.2 Å². The van der Waals surface area contributed by atoms with E-state index in [4.69, 9.17) is 5.11 Å². The van der Waals surface area contributed by atoms with Crippen LogP contribution >= 0.6 is 11.3 Å². The Kier molecular flexibility index (Phi) is 3.30. The van der Waals surface area contributed by atoms with Gasteiger partial charge in [-0.25, -0.2) is 4.79 Å². The molecule has 1 rings (SSSR count). The normalized spacial score (nSPS) is 9.64. The van der Waals surface area contributed by atoms with Crippen LogP contribution in [0.15, 0.2) is 17.2 Å². The molecule has 76 valence electrons. The number of nitrogens with one attached hydrogen (secondary N) is 1. The SMILES string of the molecule is CC(C)=CNc1scc(C)c1C(=O)O. The van der Waals surface area contributed by atoms with Crippen molar-refractivity contribution < 1.29 is 9.90 Å². The third-order valence-corrected chi connectivity index (χ3v) is 2.71. The first-order chi connectivity index (χ1) is 6.52. The summed E-state index contributed by atoms with van der Waals surface area (Å²) in [7, 11) is 0. The second kappa shape index (κ2) is 4.28. The fourth-order valence-corrected chi connectivity index (χ4v) is 1.93. The third kappa shape index (κ3) is 2.35. The van der Waals surface area contributed by atoms with Crippen molar-refractivity contribution in [2.45, 2.75) is 20.8 Å². The molecule has 0 unspecified atom stereocenters. The fourth-order valence-electron chi connectivity index (χ4n) is 1.03. The molecule has 1 aromatic heterocycles. The Morgan fingerprint density at radius 1 is 1.57 bits per heavy atom. The number of carboxylic acids is 1. The van der Waals surface area contributed by atoms with E-state index in [1.54, 1.807) is 13.1 Å². The minimum Gasteiger partial charge on any atom is -0.478 e. The summed E-state index contributed by atoms with van der Waals surface area (Å²) in [5.74, 6) is -0.881. The molecule has 2 N–H and O–H groups in total. The van der Waals surface area contributed by atoms with Gasteiger partial charge in [-0.3, -0.25) is 0 Å². The first-order valence-corrected chi connectivity index (χ1v) is 5.11. The van der Waals surface area contributed by atoms with Gasteiger partial charge in [-0.1, -0.05) is 5.57 Å². The first kappa shape index (κ1) is 10.8. The second-order valence-corrected chi connectivity index (χ2v) is 4.17. The molecule has 0 radical (unpaired) electrons. The van der Waals surface area contributed by atoms with E-state index in [9.17, 15) is 4.79 Å². The molecule has 0 spiro atoms. The van der Waals surface area contributed by atoms with Crippen molar-refractivity contribution in [3.8, 4) is 0 Å². The summed E-state index contributed by atoms with van der Waals surface area (Å²) >= 11 is 1.41. The first-order valence-electron chi connectivity index (χ1n) is 4.23. The van der Waals surface area contributed by atoms with Gasteiger partial charge in [-0.05, 0) is 31.7 Å². The van der Waals surface area contributed by atoms with Crippen LogP contribution < -0.4 is 5.32 Å². The number of carboxylic acid groups (broad SMARTS) is 1. The van der Waals surface area contributed by atoms with Gasteiger partial charge in [0, 0.05) is 6.20 Å². The van der Waals surface area contributed by atoms with E-state index in [0.29, 0.717) is 10.6 Å². The lowest BCUT2D eigenvalue weighted by Gasteiger charge is -2.00. The molecule has 0 saturated heterocycles. The third-order valence-electron chi connectivity index (χ3n) is 1.68. The molecule has 0 atom stereocenters. The Bertz CT molecular complexity index is 375. The van der Waals surface area contributed by atoms with Gasteiger partial charge < -0.3 is 10.4 Å². The average molecular weight is 211 g/mol. The molecule has 1 aromatic rings. The van der Waals surface area contributed by atoms with Crippen LogP contribution in [0.3, 0.4) is 0 Å². The van der Waals surface area contributed by atoms with Crippen molar-refractivity contribution in [3.05, 3.63) is 28.3 Å². The zero-order valence-electron chi connectivity index (χ0n) is 8.42. The Morgan fingerprint density at radius 3 is 2.71 bits per heavy atom. The molecule has 0 bridgehead atoms. The monoisotopic (exact) mass is 211 g/mol. The summed E-state index contributed by atoms with van der Waals surface area (Å²) < 4.78 is 0. The molecular weight excluding hydrogens is 198 g/mol. The molecule has 0 aliphatic heterocycles. The molecule has 4 heteroatoms. The fraction of sp³-hybridized carbons (Fsp3) is 0.300. The number of hydrogen-bond acceptors (Lipinski definition) is 3. The highest BCUT2D eigenvalue weighted by molar-refractivity contribution is 7.14. The van der Waals surface area contributed by atoms with E-state index in [0.717, 1.165) is 11.1 Å². The predicted octanol–water partition coefficient (Wildman–Crippen LogP) is 3.09. The molecular formula is C10H13NO2S. The minimum absolute atomic E-state index is 0.368. The Labute approximate surface area is 87.1 Å². The highest BCUT2D eigenvalue weighted by Crippen LogP contribution is 2.27. The summed E-state index contributed by atoms with van der Waals surface area (Å²) in [4.78, 5) is 10.9. The number of aromatic carboxylic acids is 1. The zero-order chi connectivity index (χ0) is 10.7. The summed E-state index contributed by atoms with van der Waals surface area (Å²) in [5, 5.41) is 14.5. The van der Waals surface area contributed by atoms with Crippen molar-refractivity contribution in [3.63, 3.8) is 0 Å². The van der Waals surface area contributed by atoms with E-state index in [1.165, 1.54) is 11.3 Å². The average Bonchev–Trinajstić information content (AvgIpc) is 2.43. The van der Waals surface area contributed by atoms with Crippen LogP contribution in [0.1, 0.15) is 29.8 Å². The maximum atomic E-state index is 10.9. The predicted molar refractivity (Wildman–Crippen MR) is 59.1 cm³/mol. The van der Waals surface area contributed by atoms with Crippen LogP contribution in [0.5, 0.6) is 0 Å². The highest BCUT2D eigenvalue weighted by Gasteiger charge is 2.14. The lowest BCUT2D eigenvalue weighted by Crippen LogP contribution is -2.00. The second-order valence-electron chi connectivity index (χ2n) is 3.29. The van der Waals surface area contributed by atoms with Crippen LogP contribution in [0, 0.1) is 6.92 Å². The number of anilines is 1. The van der Waals surface area contributed by atoms with Gasteiger partial charge in [-0.15, -0.1) is 11.3 Å². The number of hydrogen-bond donors (Lipinski definition) is 2. The molecule has 1 heterocycles. The van der Waals surface area contributed by atoms with Crippen LogP contribution in [0.2, 0.25) is 0 Å². The maximum absolute atomic E-state index is 10.9. The Morgan fingerprint density at radius 2 is 2.21 bits per heavy atom. The molecule has 14 heavy (non-hydrogen) atoms. The smallest absolute Gasteiger partial charge is 0.338 e. The number of allylic oxidation sites excluding steroid dienone is 1. The van der Waals surface area contributed by atoms with Crippen molar-refractivity contribution in [2.24, 2.45) is 0 Å². The van der Waals surface area contributed by atoms with Crippen molar-refractivity contribution in [1.82, 2.24) is 0 Å². The largest absolute Gasteiger partial charge is 0.478 e. The quantitative estimate of drug-likeness (QED) is 0.807. The standard InChI is InChI=1S/C10H13NO2S/c1-6(2)4-11-9-8(10(12)13)7(3)5-14-9/h4-5,11H,1-3H3,(H,12,13). The summed E-state index contributed by atoms with van der Waals surface area (Å²) in [5.41, 5.74) is 2.27. The van der Waals surface area contributed by atoms with Crippen LogP contribution in [0.25, 0.3) is 0 Å². The van der Waals surface area contributed by atoms with Crippen LogP contribution in [-0.4, -0.2) is 11.1 Å². The van der Waals surface area contributed by atoms with E-state index in [-0.39, 0.29) is 0 Å². The van der Waals surface area contributed by atoms with Crippen molar-refractivity contribution in [2.75, 3.05) is 5.32 Å². The number of rotatable bonds is 3. The number of thiophene rings is 1. The summed E-state index contributed by atoms with van der Waals surface area (Å²) in [6, 6.07) is 0. The molecule has 0 fully saturated rings. The zero-order valence-corrected chi connectivity index (χ0v) is 9.23. The molecule has 0 saturated carbocycles. The van der Waals surface area contributed by atoms with Gasteiger partial charge in [0.05, 0.1) is 5.56 Å². The van der Waals surface area contributed by atoms with Crippen LogP contribution in [-0.2, 0) is 0 Å². The Hall–Kier alpha value is -1.29. The van der Waals surface area contributed by atoms with E-state index >= 15 is 0 Å². The van der Waals surface area contributed by atoms with Gasteiger partial charge >= 0.3 is 5.97 Å². The lowest BCUT2D eigenvalue weighted by molar-refractivity contribution is 0.0698. The summed E-state index contributed by atoms with van der Waals surface area (Å²) in [6.45, 7) is 5.70. The van der Waals surface area contributed by atoms with Crippen LogP contribution in [0.4, 0.5) is 5.00 Å². The van der Waals surface area contributed by atoms with Gasteiger partial charge in [0.1, 0.15) is 5.00 Å². The molecule has 0 amide bonds. The van der Waals surface area contributed by atoms with Crippen molar-refractivity contribution in [1.29, 1.82) is 0 Å². The van der Waals surface area contributed by atoms with Gasteiger partial charge in [-0.2, -0.15) is 0 Å². The molecule has 0 aliphatic carbocycles. The lowest BCUT2D eigenvalue weighted by atomic mass is 10.2.